The molecule has 0 bridgehead atoms. The Bertz CT molecular complexity index is 570. The molecule has 0 heterocycles. The Balaban J connectivity index is 2.62. The smallest absolute Gasteiger partial charge is 0.0387 e. The standard InChI is InChI=1S/C14H13N/c1-11-6-2-3-7-12(11)10-13-8-4-5-9-14(13)15/h2-10H,1,15H2/b12-10-. The van der Waals surface area contributed by atoms with Gasteiger partial charge < -0.3 is 5.73 Å². The fourth-order valence-electron chi connectivity index (χ4n) is 1.48. The molecular formula is C14H13N. The third-order valence-electron chi connectivity index (χ3n) is 2.36. The van der Waals surface area contributed by atoms with Crippen molar-refractivity contribution in [2.75, 3.05) is 5.73 Å². The van der Waals surface area contributed by atoms with Crippen molar-refractivity contribution in [2.24, 2.45) is 0 Å². The largest absolute Gasteiger partial charge is 0.398 e. The van der Waals surface area contributed by atoms with E-state index in [-0.39, 0.29) is 0 Å². The Hall–Kier alpha value is -2.02. The van der Waals surface area contributed by atoms with Gasteiger partial charge in [0.2, 0.25) is 0 Å². The van der Waals surface area contributed by atoms with Gasteiger partial charge in [0.15, 0.2) is 0 Å². The van der Waals surface area contributed by atoms with Crippen LogP contribution in [0, 0.1) is 0 Å². The SMILES string of the molecule is C=c1cccc/c1=C/c1ccccc1N. The molecule has 2 aromatic rings. The Morgan fingerprint density at radius 3 is 2.33 bits per heavy atom. The minimum absolute atomic E-state index is 0.792. The van der Waals surface area contributed by atoms with Crippen molar-refractivity contribution >= 4 is 18.3 Å². The van der Waals surface area contributed by atoms with Gasteiger partial charge in [-0.05, 0) is 28.1 Å². The van der Waals surface area contributed by atoms with Crippen molar-refractivity contribution in [3.8, 4) is 0 Å². The van der Waals surface area contributed by atoms with Gasteiger partial charge in [0.1, 0.15) is 0 Å². The van der Waals surface area contributed by atoms with Gasteiger partial charge in [-0.15, -0.1) is 0 Å². The number of anilines is 1. The first-order valence-electron chi connectivity index (χ1n) is 4.87. The lowest BCUT2D eigenvalue weighted by Crippen LogP contribution is -2.21. The summed E-state index contributed by atoms with van der Waals surface area (Å²) in [5.41, 5.74) is 7.69. The predicted molar refractivity (Wildman–Crippen MR) is 65.6 cm³/mol. The zero-order valence-electron chi connectivity index (χ0n) is 8.48. The van der Waals surface area contributed by atoms with Crippen molar-refractivity contribution < 1.29 is 0 Å². The molecule has 1 heteroatoms. The number of hydrogen-bond acceptors (Lipinski definition) is 1. The van der Waals surface area contributed by atoms with E-state index in [1.54, 1.807) is 0 Å². The van der Waals surface area contributed by atoms with E-state index in [0.717, 1.165) is 21.7 Å². The topological polar surface area (TPSA) is 26.0 Å². The lowest BCUT2D eigenvalue weighted by molar-refractivity contribution is 1.52. The number of nitrogen functional groups attached to an aromatic ring is 1. The van der Waals surface area contributed by atoms with Crippen LogP contribution in [0.25, 0.3) is 12.7 Å². The molecule has 15 heavy (non-hydrogen) atoms. The molecule has 0 spiro atoms. The molecular weight excluding hydrogens is 182 g/mol. The minimum atomic E-state index is 0.792. The van der Waals surface area contributed by atoms with Gasteiger partial charge in [-0.2, -0.15) is 0 Å². The summed E-state index contributed by atoms with van der Waals surface area (Å²) in [6, 6.07) is 15.8. The highest BCUT2D eigenvalue weighted by atomic mass is 14.5. The summed E-state index contributed by atoms with van der Waals surface area (Å²) in [6.45, 7) is 3.97. The molecule has 74 valence electrons. The maximum Gasteiger partial charge on any atom is 0.0387 e. The molecule has 0 fully saturated rings. The van der Waals surface area contributed by atoms with E-state index in [1.165, 1.54) is 0 Å². The predicted octanol–water partition coefficient (Wildman–Crippen LogP) is 1.51. The maximum absolute atomic E-state index is 5.87. The van der Waals surface area contributed by atoms with Crippen LogP contribution in [0.15, 0.2) is 48.5 Å². The molecule has 0 amide bonds. The molecule has 0 saturated heterocycles. The maximum atomic E-state index is 5.87. The van der Waals surface area contributed by atoms with Crippen molar-refractivity contribution in [3.05, 3.63) is 64.5 Å². The van der Waals surface area contributed by atoms with E-state index in [2.05, 4.69) is 12.7 Å². The van der Waals surface area contributed by atoms with Crippen LogP contribution in [0.4, 0.5) is 5.69 Å². The molecule has 0 aliphatic heterocycles. The molecule has 1 nitrogen and oxygen atoms in total. The second kappa shape index (κ2) is 4.01. The van der Waals surface area contributed by atoms with Crippen molar-refractivity contribution in [2.45, 2.75) is 0 Å². The second-order valence-electron chi connectivity index (χ2n) is 3.47. The summed E-state index contributed by atoms with van der Waals surface area (Å²) >= 11 is 0. The highest BCUT2D eigenvalue weighted by molar-refractivity contribution is 5.64. The Morgan fingerprint density at radius 2 is 1.60 bits per heavy atom. The lowest BCUT2D eigenvalue weighted by atomic mass is 10.1. The molecule has 0 radical (unpaired) electrons. The van der Waals surface area contributed by atoms with E-state index in [4.69, 9.17) is 5.73 Å². The van der Waals surface area contributed by atoms with Gasteiger partial charge in [-0.3, -0.25) is 0 Å². The van der Waals surface area contributed by atoms with Crippen molar-refractivity contribution in [3.63, 3.8) is 0 Å². The summed E-state index contributed by atoms with van der Waals surface area (Å²) in [5, 5.41) is 2.12. The molecule has 0 aromatic heterocycles. The number of nitrogens with two attached hydrogens (primary N) is 1. The van der Waals surface area contributed by atoms with Crippen molar-refractivity contribution in [1.29, 1.82) is 0 Å². The molecule has 0 saturated carbocycles. The lowest BCUT2D eigenvalue weighted by Gasteiger charge is -1.98. The summed E-state index contributed by atoms with van der Waals surface area (Å²) < 4.78 is 0. The van der Waals surface area contributed by atoms with Gasteiger partial charge >= 0.3 is 0 Å². The van der Waals surface area contributed by atoms with E-state index in [1.807, 2.05) is 48.5 Å². The van der Waals surface area contributed by atoms with Crippen molar-refractivity contribution in [1.82, 2.24) is 0 Å². The zero-order valence-corrected chi connectivity index (χ0v) is 8.48. The second-order valence-corrected chi connectivity index (χ2v) is 3.47. The van der Waals surface area contributed by atoms with E-state index < -0.39 is 0 Å². The van der Waals surface area contributed by atoms with Crippen LogP contribution in [0.5, 0.6) is 0 Å². The normalized spacial score (nSPS) is 11.6. The van der Waals surface area contributed by atoms with E-state index >= 15 is 0 Å². The number of rotatable bonds is 1. The van der Waals surface area contributed by atoms with Crippen LogP contribution in [0.3, 0.4) is 0 Å². The fraction of sp³-hybridized carbons (Fsp3) is 0. The third kappa shape index (κ3) is 2.08. The average molecular weight is 195 g/mol. The molecule has 0 unspecified atom stereocenters. The van der Waals surface area contributed by atoms with Crippen LogP contribution in [0.2, 0.25) is 0 Å². The average Bonchev–Trinajstić information content (AvgIpc) is 2.24. The summed E-state index contributed by atoms with van der Waals surface area (Å²) in [7, 11) is 0. The molecule has 2 rings (SSSR count). The van der Waals surface area contributed by atoms with Crippen LogP contribution in [0.1, 0.15) is 5.56 Å². The Labute approximate surface area is 89.2 Å². The van der Waals surface area contributed by atoms with Gasteiger partial charge in [-0.1, -0.05) is 49.0 Å². The molecule has 0 aliphatic carbocycles. The monoisotopic (exact) mass is 195 g/mol. The van der Waals surface area contributed by atoms with Crippen LogP contribution in [-0.2, 0) is 0 Å². The van der Waals surface area contributed by atoms with Crippen LogP contribution >= 0.6 is 0 Å². The molecule has 0 atom stereocenters. The zero-order chi connectivity index (χ0) is 10.7. The molecule has 2 N–H and O–H groups in total. The minimum Gasteiger partial charge on any atom is -0.398 e. The first-order valence-corrected chi connectivity index (χ1v) is 4.87. The molecule has 2 aromatic carbocycles. The number of para-hydroxylation sites is 1. The first kappa shape index (κ1) is 9.53. The highest BCUT2D eigenvalue weighted by Crippen LogP contribution is 2.10. The summed E-state index contributed by atoms with van der Waals surface area (Å²) in [5.74, 6) is 0. The Kier molecular flexibility index (Phi) is 2.55. The molecule has 0 aliphatic rings. The van der Waals surface area contributed by atoms with Gasteiger partial charge in [0.25, 0.3) is 0 Å². The third-order valence-corrected chi connectivity index (χ3v) is 2.36. The van der Waals surface area contributed by atoms with Crippen LogP contribution in [-0.4, -0.2) is 0 Å². The van der Waals surface area contributed by atoms with Crippen LogP contribution < -0.4 is 16.2 Å². The van der Waals surface area contributed by atoms with E-state index in [9.17, 15) is 0 Å². The number of hydrogen-bond donors (Lipinski definition) is 1. The van der Waals surface area contributed by atoms with Gasteiger partial charge in [0.05, 0.1) is 0 Å². The van der Waals surface area contributed by atoms with Gasteiger partial charge in [-0.25, -0.2) is 0 Å². The highest BCUT2D eigenvalue weighted by Gasteiger charge is 1.91. The summed E-state index contributed by atoms with van der Waals surface area (Å²) in [6.07, 6.45) is 2.05. The quantitative estimate of drug-likeness (QED) is 0.686. The van der Waals surface area contributed by atoms with Gasteiger partial charge in [0, 0.05) is 5.69 Å². The van der Waals surface area contributed by atoms with E-state index in [0.29, 0.717) is 0 Å². The number of benzene rings is 2. The summed E-state index contributed by atoms with van der Waals surface area (Å²) in [4.78, 5) is 0. The first-order chi connectivity index (χ1) is 7.27. The fourth-order valence-corrected chi connectivity index (χ4v) is 1.48. The Morgan fingerprint density at radius 1 is 0.933 bits per heavy atom.